The lowest BCUT2D eigenvalue weighted by molar-refractivity contribution is -0.244. The van der Waals surface area contributed by atoms with Crippen molar-refractivity contribution in [2.75, 3.05) is 0 Å². The van der Waals surface area contributed by atoms with Crippen LogP contribution >= 0.6 is 23.2 Å². The summed E-state index contributed by atoms with van der Waals surface area (Å²) in [7, 11) is 0. The molecule has 100 valence electrons. The molecule has 0 N–H and O–H groups in total. The molecule has 4 heteroatoms. The van der Waals surface area contributed by atoms with Crippen molar-refractivity contribution in [3.63, 3.8) is 0 Å². The van der Waals surface area contributed by atoms with E-state index in [4.69, 9.17) is 32.7 Å². The Morgan fingerprint density at radius 3 is 2.67 bits per heavy atom. The van der Waals surface area contributed by atoms with Crippen LogP contribution in [0.3, 0.4) is 0 Å². The van der Waals surface area contributed by atoms with Gasteiger partial charge in [0.25, 0.3) is 0 Å². The molecule has 1 aromatic carbocycles. The molecule has 1 aliphatic rings. The molecule has 0 amide bonds. The molecule has 18 heavy (non-hydrogen) atoms. The van der Waals surface area contributed by atoms with Crippen molar-refractivity contribution in [3.05, 3.63) is 33.3 Å². The monoisotopic (exact) mass is 288 g/mol. The Morgan fingerprint density at radius 2 is 2.00 bits per heavy atom. The number of hydrogen-bond acceptors (Lipinski definition) is 2. The van der Waals surface area contributed by atoms with Gasteiger partial charge in [-0.1, -0.05) is 30.1 Å². The van der Waals surface area contributed by atoms with Crippen molar-refractivity contribution in [3.8, 4) is 0 Å². The van der Waals surface area contributed by atoms with Gasteiger partial charge in [-0.05, 0) is 44.4 Å². The highest BCUT2D eigenvalue weighted by Crippen LogP contribution is 2.36. The Balaban J connectivity index is 2.30. The normalized spacial score (nSPS) is 28.4. The Morgan fingerprint density at radius 1 is 1.28 bits per heavy atom. The van der Waals surface area contributed by atoms with Gasteiger partial charge in [-0.25, -0.2) is 0 Å². The van der Waals surface area contributed by atoms with Crippen LogP contribution in [0.25, 0.3) is 0 Å². The predicted molar refractivity (Wildman–Crippen MR) is 74.3 cm³/mol. The molecule has 1 fully saturated rings. The number of halogens is 2. The summed E-state index contributed by atoms with van der Waals surface area (Å²) in [4.78, 5) is 0. The van der Waals surface area contributed by atoms with E-state index in [1.54, 1.807) is 6.07 Å². The van der Waals surface area contributed by atoms with Gasteiger partial charge in [-0.3, -0.25) is 0 Å². The van der Waals surface area contributed by atoms with Crippen molar-refractivity contribution in [1.82, 2.24) is 0 Å². The summed E-state index contributed by atoms with van der Waals surface area (Å²) in [6.45, 7) is 6.15. The number of ether oxygens (including phenoxy) is 2. The van der Waals surface area contributed by atoms with Crippen molar-refractivity contribution >= 4 is 23.2 Å². The lowest BCUT2D eigenvalue weighted by atomic mass is 10.1. The second-order valence-corrected chi connectivity index (χ2v) is 5.63. The van der Waals surface area contributed by atoms with Crippen molar-refractivity contribution in [2.45, 2.75) is 52.1 Å². The third-order valence-corrected chi connectivity index (χ3v) is 3.94. The zero-order valence-corrected chi connectivity index (χ0v) is 12.4. The molecular weight excluding hydrogens is 271 g/mol. The molecule has 3 unspecified atom stereocenters. The van der Waals surface area contributed by atoms with Gasteiger partial charge in [0.15, 0.2) is 6.29 Å². The van der Waals surface area contributed by atoms with E-state index in [2.05, 4.69) is 13.8 Å². The Bertz CT molecular complexity index is 434. The molecule has 0 bridgehead atoms. The first-order chi connectivity index (χ1) is 8.51. The molecular formula is C14H18Cl2O2. The van der Waals surface area contributed by atoms with E-state index in [1.165, 1.54) is 0 Å². The van der Waals surface area contributed by atoms with Gasteiger partial charge >= 0.3 is 0 Å². The molecule has 0 aliphatic carbocycles. The van der Waals surface area contributed by atoms with Crippen molar-refractivity contribution in [1.29, 1.82) is 0 Å². The summed E-state index contributed by atoms with van der Waals surface area (Å²) >= 11 is 12.2. The summed E-state index contributed by atoms with van der Waals surface area (Å²) in [6.07, 6.45) is 1.97. The van der Waals surface area contributed by atoms with E-state index < -0.39 is 0 Å². The zero-order chi connectivity index (χ0) is 13.3. The van der Waals surface area contributed by atoms with Crippen LogP contribution in [0.15, 0.2) is 12.1 Å². The third kappa shape index (κ3) is 3.00. The van der Waals surface area contributed by atoms with Gasteiger partial charge in [0.1, 0.15) is 0 Å². The van der Waals surface area contributed by atoms with Gasteiger partial charge in [0, 0.05) is 15.6 Å². The molecule has 0 aromatic heterocycles. The average Bonchev–Trinajstić information content (AvgIpc) is 2.32. The average molecular weight is 289 g/mol. The third-order valence-electron chi connectivity index (χ3n) is 3.33. The molecule has 0 radical (unpaired) electrons. The van der Waals surface area contributed by atoms with Crippen molar-refractivity contribution < 1.29 is 9.47 Å². The summed E-state index contributed by atoms with van der Waals surface area (Å²) in [5.41, 5.74) is 1.90. The fourth-order valence-corrected chi connectivity index (χ4v) is 2.73. The fourth-order valence-electron chi connectivity index (χ4n) is 2.22. The first-order valence-corrected chi connectivity index (χ1v) is 7.03. The minimum Gasteiger partial charge on any atom is -0.345 e. The Hall–Kier alpha value is -0.280. The van der Waals surface area contributed by atoms with Crippen LogP contribution in [-0.2, 0) is 9.47 Å². The molecule has 1 heterocycles. The van der Waals surface area contributed by atoms with Crippen molar-refractivity contribution in [2.24, 2.45) is 0 Å². The van der Waals surface area contributed by atoms with Gasteiger partial charge in [-0.2, -0.15) is 0 Å². The first kappa shape index (κ1) is 14.1. The van der Waals surface area contributed by atoms with Crippen LogP contribution in [0.1, 0.15) is 44.1 Å². The maximum atomic E-state index is 6.15. The maximum absolute atomic E-state index is 6.15. The van der Waals surface area contributed by atoms with Crippen LogP contribution in [0.2, 0.25) is 10.0 Å². The highest BCUT2D eigenvalue weighted by molar-refractivity contribution is 6.35. The van der Waals surface area contributed by atoms with Gasteiger partial charge < -0.3 is 9.47 Å². The summed E-state index contributed by atoms with van der Waals surface area (Å²) < 4.78 is 11.8. The van der Waals surface area contributed by atoms with Gasteiger partial charge in [0.05, 0.1) is 12.2 Å². The molecule has 0 saturated carbocycles. The molecule has 3 atom stereocenters. The van der Waals surface area contributed by atoms with E-state index in [0.717, 1.165) is 24.0 Å². The van der Waals surface area contributed by atoms with Crippen LogP contribution < -0.4 is 0 Å². The highest BCUT2D eigenvalue weighted by atomic mass is 35.5. The molecule has 2 rings (SSSR count). The minimum atomic E-state index is -0.366. The van der Waals surface area contributed by atoms with E-state index in [9.17, 15) is 0 Å². The lowest BCUT2D eigenvalue weighted by Gasteiger charge is -2.34. The van der Waals surface area contributed by atoms with E-state index in [-0.39, 0.29) is 18.5 Å². The van der Waals surface area contributed by atoms with Crippen LogP contribution in [-0.4, -0.2) is 12.2 Å². The SMILES string of the molecule is CCC1CC(C)OC(c2cc(Cl)cc(Cl)c2C)O1. The summed E-state index contributed by atoms with van der Waals surface area (Å²) in [5, 5.41) is 1.26. The first-order valence-electron chi connectivity index (χ1n) is 6.27. The molecule has 1 saturated heterocycles. The maximum Gasteiger partial charge on any atom is 0.184 e. The molecule has 1 aliphatic heterocycles. The number of benzene rings is 1. The standard InChI is InChI=1S/C14H18Cl2O2/c1-4-11-5-8(2)17-14(18-11)12-6-10(15)7-13(16)9(12)3/h6-8,11,14H,4-5H2,1-3H3. The fraction of sp³-hybridized carbons (Fsp3) is 0.571. The zero-order valence-electron chi connectivity index (χ0n) is 10.9. The molecule has 2 nitrogen and oxygen atoms in total. The largest absolute Gasteiger partial charge is 0.345 e. The number of hydrogen-bond donors (Lipinski definition) is 0. The minimum absolute atomic E-state index is 0.186. The smallest absolute Gasteiger partial charge is 0.184 e. The van der Waals surface area contributed by atoms with Crippen LogP contribution in [0.4, 0.5) is 0 Å². The van der Waals surface area contributed by atoms with Crippen LogP contribution in [0, 0.1) is 6.92 Å². The van der Waals surface area contributed by atoms with E-state index in [0.29, 0.717) is 10.0 Å². The quantitative estimate of drug-likeness (QED) is 0.770. The molecule has 0 spiro atoms. The van der Waals surface area contributed by atoms with Gasteiger partial charge in [-0.15, -0.1) is 0 Å². The second kappa shape index (κ2) is 5.79. The Kier molecular flexibility index (Phi) is 4.54. The Labute approximate surface area is 118 Å². The topological polar surface area (TPSA) is 18.5 Å². The highest BCUT2D eigenvalue weighted by Gasteiger charge is 2.29. The predicted octanol–water partition coefficient (Wildman–Crippen LogP) is 4.90. The summed E-state index contributed by atoms with van der Waals surface area (Å²) in [5.74, 6) is 0. The number of rotatable bonds is 2. The molecule has 1 aromatic rings. The van der Waals surface area contributed by atoms with E-state index in [1.807, 2.05) is 13.0 Å². The van der Waals surface area contributed by atoms with Crippen LogP contribution in [0.5, 0.6) is 0 Å². The van der Waals surface area contributed by atoms with E-state index >= 15 is 0 Å². The second-order valence-electron chi connectivity index (χ2n) is 4.78. The lowest BCUT2D eigenvalue weighted by Crippen LogP contribution is -2.32. The van der Waals surface area contributed by atoms with Gasteiger partial charge in [0.2, 0.25) is 0 Å². The summed E-state index contributed by atoms with van der Waals surface area (Å²) in [6, 6.07) is 3.61.